The van der Waals surface area contributed by atoms with Crippen LogP contribution in [0.25, 0.3) is 0 Å². The van der Waals surface area contributed by atoms with Crippen molar-refractivity contribution in [2.75, 3.05) is 13.1 Å². The number of nitrogens with zero attached hydrogens (tertiary/aromatic N) is 1. The molecule has 19 heavy (non-hydrogen) atoms. The topological polar surface area (TPSA) is 60.8 Å². The molecule has 0 saturated carbocycles. The molecule has 104 valence electrons. The summed E-state index contributed by atoms with van der Waals surface area (Å²) < 4.78 is 0. The SMILES string of the molecule is O=C(O)CCN1CCC[C@@H]1C[C@@H](O)c1ccccc1. The van der Waals surface area contributed by atoms with Crippen LogP contribution < -0.4 is 0 Å². The fourth-order valence-corrected chi connectivity index (χ4v) is 2.76. The average Bonchev–Trinajstić information content (AvgIpc) is 2.84. The highest BCUT2D eigenvalue weighted by Gasteiger charge is 2.27. The maximum absolute atomic E-state index is 10.6. The Kier molecular flexibility index (Phi) is 4.93. The molecule has 1 aliphatic heterocycles. The summed E-state index contributed by atoms with van der Waals surface area (Å²) in [6.07, 6.45) is 2.54. The van der Waals surface area contributed by atoms with Gasteiger partial charge in [-0.1, -0.05) is 30.3 Å². The van der Waals surface area contributed by atoms with Gasteiger partial charge in [0, 0.05) is 12.6 Å². The van der Waals surface area contributed by atoms with Crippen LogP contribution in [0.4, 0.5) is 0 Å². The van der Waals surface area contributed by atoms with Gasteiger partial charge in [0.2, 0.25) is 0 Å². The monoisotopic (exact) mass is 263 g/mol. The summed E-state index contributed by atoms with van der Waals surface area (Å²) in [4.78, 5) is 12.8. The van der Waals surface area contributed by atoms with Crippen molar-refractivity contribution in [2.45, 2.75) is 37.8 Å². The van der Waals surface area contributed by atoms with Crippen molar-refractivity contribution in [1.82, 2.24) is 4.90 Å². The van der Waals surface area contributed by atoms with E-state index in [1.54, 1.807) is 0 Å². The Morgan fingerprint density at radius 2 is 2.11 bits per heavy atom. The van der Waals surface area contributed by atoms with Gasteiger partial charge in [0.15, 0.2) is 0 Å². The fraction of sp³-hybridized carbons (Fsp3) is 0.533. The lowest BCUT2D eigenvalue weighted by molar-refractivity contribution is -0.137. The number of aliphatic hydroxyl groups is 1. The molecule has 1 heterocycles. The van der Waals surface area contributed by atoms with E-state index < -0.39 is 12.1 Å². The van der Waals surface area contributed by atoms with Crippen molar-refractivity contribution in [2.24, 2.45) is 0 Å². The van der Waals surface area contributed by atoms with Gasteiger partial charge in [0.1, 0.15) is 0 Å². The lowest BCUT2D eigenvalue weighted by atomic mass is 10.0. The third-order valence-corrected chi connectivity index (χ3v) is 3.79. The molecule has 0 spiro atoms. The third-order valence-electron chi connectivity index (χ3n) is 3.79. The Morgan fingerprint density at radius 3 is 2.79 bits per heavy atom. The predicted octanol–water partition coefficient (Wildman–Crippen LogP) is 2.05. The van der Waals surface area contributed by atoms with Gasteiger partial charge in [-0.25, -0.2) is 0 Å². The lowest BCUT2D eigenvalue weighted by Gasteiger charge is -2.26. The Labute approximate surface area is 113 Å². The zero-order chi connectivity index (χ0) is 13.7. The highest BCUT2D eigenvalue weighted by molar-refractivity contribution is 5.66. The molecule has 1 aromatic carbocycles. The predicted molar refractivity (Wildman–Crippen MR) is 72.9 cm³/mol. The quantitative estimate of drug-likeness (QED) is 0.824. The maximum Gasteiger partial charge on any atom is 0.304 e. The number of rotatable bonds is 6. The van der Waals surface area contributed by atoms with E-state index >= 15 is 0 Å². The van der Waals surface area contributed by atoms with Gasteiger partial charge in [-0.05, 0) is 31.4 Å². The molecular weight excluding hydrogens is 242 g/mol. The second-order valence-corrected chi connectivity index (χ2v) is 5.14. The van der Waals surface area contributed by atoms with Gasteiger partial charge in [0.25, 0.3) is 0 Å². The van der Waals surface area contributed by atoms with E-state index in [0.717, 1.165) is 24.9 Å². The van der Waals surface area contributed by atoms with Crippen LogP contribution in [0, 0.1) is 0 Å². The molecule has 0 bridgehead atoms. The third kappa shape index (κ3) is 4.04. The molecule has 1 aliphatic rings. The molecule has 0 unspecified atom stereocenters. The number of aliphatic hydroxyl groups excluding tert-OH is 1. The molecule has 2 atom stereocenters. The number of carboxylic acids is 1. The number of benzene rings is 1. The van der Waals surface area contributed by atoms with Crippen molar-refractivity contribution in [3.8, 4) is 0 Å². The average molecular weight is 263 g/mol. The van der Waals surface area contributed by atoms with Gasteiger partial charge in [-0.3, -0.25) is 9.69 Å². The number of aliphatic carboxylic acids is 1. The smallest absolute Gasteiger partial charge is 0.304 e. The fourth-order valence-electron chi connectivity index (χ4n) is 2.76. The molecule has 0 aliphatic carbocycles. The summed E-state index contributed by atoms with van der Waals surface area (Å²) in [7, 11) is 0. The first-order valence-electron chi connectivity index (χ1n) is 6.85. The highest BCUT2D eigenvalue weighted by Crippen LogP contribution is 2.27. The second-order valence-electron chi connectivity index (χ2n) is 5.14. The van der Waals surface area contributed by atoms with Crippen molar-refractivity contribution >= 4 is 5.97 Å². The van der Waals surface area contributed by atoms with E-state index in [9.17, 15) is 9.90 Å². The number of carbonyl (C=O) groups is 1. The Morgan fingerprint density at radius 1 is 1.37 bits per heavy atom. The minimum atomic E-state index is -0.755. The molecule has 4 nitrogen and oxygen atoms in total. The van der Waals surface area contributed by atoms with E-state index in [1.807, 2.05) is 30.3 Å². The van der Waals surface area contributed by atoms with Crippen LogP contribution in [0.15, 0.2) is 30.3 Å². The summed E-state index contributed by atoms with van der Waals surface area (Å²) in [5, 5.41) is 19.0. The van der Waals surface area contributed by atoms with E-state index in [1.165, 1.54) is 0 Å². The van der Waals surface area contributed by atoms with E-state index in [2.05, 4.69) is 4.90 Å². The molecule has 1 fully saturated rings. The summed E-state index contributed by atoms with van der Waals surface area (Å²) >= 11 is 0. The number of hydrogen-bond acceptors (Lipinski definition) is 3. The van der Waals surface area contributed by atoms with Crippen molar-refractivity contribution in [3.63, 3.8) is 0 Å². The Hall–Kier alpha value is -1.39. The highest BCUT2D eigenvalue weighted by atomic mass is 16.4. The van der Waals surface area contributed by atoms with Gasteiger partial charge < -0.3 is 10.2 Å². The van der Waals surface area contributed by atoms with Crippen LogP contribution in [0.1, 0.15) is 37.4 Å². The van der Waals surface area contributed by atoms with E-state index in [0.29, 0.717) is 19.0 Å². The van der Waals surface area contributed by atoms with Gasteiger partial charge in [0.05, 0.1) is 12.5 Å². The Bertz CT molecular complexity index is 407. The number of likely N-dealkylation sites (tertiary alicyclic amines) is 1. The second kappa shape index (κ2) is 6.68. The lowest BCUT2D eigenvalue weighted by Crippen LogP contribution is -2.32. The summed E-state index contributed by atoms with van der Waals surface area (Å²) in [5.41, 5.74) is 0.938. The van der Waals surface area contributed by atoms with Gasteiger partial charge >= 0.3 is 5.97 Å². The first-order chi connectivity index (χ1) is 9.16. The van der Waals surface area contributed by atoms with Crippen LogP contribution in [0.3, 0.4) is 0 Å². The standard InChI is InChI=1S/C15H21NO3/c17-14(12-5-2-1-3-6-12)11-13-7-4-9-16(13)10-8-15(18)19/h1-3,5-6,13-14,17H,4,7-11H2,(H,18,19)/t13-,14-/m1/s1. The first-order valence-corrected chi connectivity index (χ1v) is 6.85. The van der Waals surface area contributed by atoms with Crippen molar-refractivity contribution in [1.29, 1.82) is 0 Å². The number of carboxylic acid groups (broad SMARTS) is 1. The summed E-state index contributed by atoms with van der Waals surface area (Å²) in [5.74, 6) is -0.755. The summed E-state index contributed by atoms with van der Waals surface area (Å²) in [6.45, 7) is 1.53. The molecule has 0 amide bonds. The molecule has 0 radical (unpaired) electrons. The molecule has 1 saturated heterocycles. The number of hydrogen-bond donors (Lipinski definition) is 2. The minimum Gasteiger partial charge on any atom is -0.481 e. The minimum absolute atomic E-state index is 0.179. The zero-order valence-corrected chi connectivity index (χ0v) is 11.0. The maximum atomic E-state index is 10.6. The molecule has 1 aromatic rings. The van der Waals surface area contributed by atoms with Crippen LogP contribution in [-0.4, -0.2) is 40.2 Å². The van der Waals surface area contributed by atoms with Crippen LogP contribution >= 0.6 is 0 Å². The first kappa shape index (κ1) is 14.0. The van der Waals surface area contributed by atoms with Crippen LogP contribution in [-0.2, 0) is 4.79 Å². The molecule has 0 aromatic heterocycles. The van der Waals surface area contributed by atoms with Gasteiger partial charge in [-0.15, -0.1) is 0 Å². The largest absolute Gasteiger partial charge is 0.481 e. The van der Waals surface area contributed by atoms with E-state index in [4.69, 9.17) is 5.11 Å². The zero-order valence-electron chi connectivity index (χ0n) is 11.0. The van der Waals surface area contributed by atoms with E-state index in [-0.39, 0.29) is 6.42 Å². The molecule has 4 heteroatoms. The van der Waals surface area contributed by atoms with Crippen molar-refractivity contribution in [3.05, 3.63) is 35.9 Å². The van der Waals surface area contributed by atoms with Crippen molar-refractivity contribution < 1.29 is 15.0 Å². The van der Waals surface area contributed by atoms with Gasteiger partial charge in [-0.2, -0.15) is 0 Å². The molecule has 2 rings (SSSR count). The van der Waals surface area contributed by atoms with Crippen LogP contribution in [0.5, 0.6) is 0 Å². The normalized spacial score (nSPS) is 21.4. The van der Waals surface area contributed by atoms with Crippen LogP contribution in [0.2, 0.25) is 0 Å². The summed E-state index contributed by atoms with van der Waals surface area (Å²) in [6, 6.07) is 9.95. The Balaban J connectivity index is 1.88. The molecular formula is C15H21NO3. The molecule has 2 N–H and O–H groups in total.